The highest BCUT2D eigenvalue weighted by molar-refractivity contribution is 9.09. The van der Waals surface area contributed by atoms with Gasteiger partial charge in [0.1, 0.15) is 0 Å². The molecule has 0 bridgehead atoms. The van der Waals surface area contributed by atoms with E-state index in [1.165, 1.54) is 0 Å². The number of hydrogen-bond acceptors (Lipinski definition) is 2. The van der Waals surface area contributed by atoms with Gasteiger partial charge in [0.05, 0.1) is 0 Å². The summed E-state index contributed by atoms with van der Waals surface area (Å²) in [6.07, 6.45) is 7.30. The number of unbranched alkanes of at least 4 members (excludes halogenated alkanes) is 2. The quantitative estimate of drug-likeness (QED) is 0.618. The molecule has 1 aromatic heterocycles. The molecule has 16 heavy (non-hydrogen) atoms. The molecule has 0 aromatic carbocycles. The van der Waals surface area contributed by atoms with E-state index in [9.17, 15) is 4.79 Å². The number of carbonyl (C=O) groups excluding carboxylic acids is 1. The second-order valence-electron chi connectivity index (χ2n) is 3.63. The van der Waals surface area contributed by atoms with E-state index in [1.807, 2.05) is 12.1 Å². The fourth-order valence-electron chi connectivity index (χ4n) is 1.35. The molecular weight excluding hydrogens is 268 g/mol. The molecule has 0 atom stereocenters. The van der Waals surface area contributed by atoms with Crippen molar-refractivity contribution in [1.29, 1.82) is 0 Å². The molecule has 0 aliphatic carbocycles. The Kier molecular flexibility index (Phi) is 6.81. The van der Waals surface area contributed by atoms with Crippen LogP contribution in [0.2, 0.25) is 0 Å². The molecule has 0 unspecified atom stereocenters. The normalized spacial score (nSPS) is 10.1. The lowest BCUT2D eigenvalue weighted by molar-refractivity contribution is -0.121. The van der Waals surface area contributed by atoms with Crippen LogP contribution in [0, 0.1) is 0 Å². The Hall–Kier alpha value is -0.900. The Balaban J connectivity index is 2.11. The fraction of sp³-hybridized carbons (Fsp3) is 0.500. The van der Waals surface area contributed by atoms with Gasteiger partial charge < -0.3 is 5.32 Å². The van der Waals surface area contributed by atoms with Crippen LogP contribution >= 0.6 is 15.9 Å². The second kappa shape index (κ2) is 8.28. The second-order valence-corrected chi connectivity index (χ2v) is 4.42. The lowest BCUT2D eigenvalue weighted by Crippen LogP contribution is -2.22. The smallest absolute Gasteiger partial charge is 0.220 e. The molecule has 0 aliphatic rings. The summed E-state index contributed by atoms with van der Waals surface area (Å²) >= 11 is 3.37. The fourth-order valence-corrected chi connectivity index (χ4v) is 1.74. The van der Waals surface area contributed by atoms with Crippen LogP contribution in [0.5, 0.6) is 0 Å². The Morgan fingerprint density at radius 3 is 2.69 bits per heavy atom. The van der Waals surface area contributed by atoms with Crippen LogP contribution in [0.4, 0.5) is 0 Å². The summed E-state index contributed by atoms with van der Waals surface area (Å²) in [5.41, 5.74) is 1.09. The molecule has 1 rings (SSSR count). The lowest BCUT2D eigenvalue weighted by Gasteiger charge is -2.04. The monoisotopic (exact) mass is 284 g/mol. The van der Waals surface area contributed by atoms with E-state index >= 15 is 0 Å². The molecule has 0 saturated carbocycles. The third kappa shape index (κ3) is 5.85. The molecule has 1 N–H and O–H groups in total. The number of nitrogens with zero attached hydrogens (tertiary/aromatic N) is 1. The van der Waals surface area contributed by atoms with Crippen molar-refractivity contribution in [2.45, 2.75) is 32.2 Å². The van der Waals surface area contributed by atoms with Gasteiger partial charge in [0.25, 0.3) is 0 Å². The average Bonchev–Trinajstić information content (AvgIpc) is 2.33. The van der Waals surface area contributed by atoms with Crippen molar-refractivity contribution in [1.82, 2.24) is 10.3 Å². The Morgan fingerprint density at radius 1 is 1.25 bits per heavy atom. The van der Waals surface area contributed by atoms with Gasteiger partial charge in [-0.05, 0) is 30.5 Å². The van der Waals surface area contributed by atoms with E-state index in [-0.39, 0.29) is 5.91 Å². The Labute approximate surface area is 105 Å². The van der Waals surface area contributed by atoms with Crippen molar-refractivity contribution in [3.8, 4) is 0 Å². The Bertz CT molecular complexity index is 303. The summed E-state index contributed by atoms with van der Waals surface area (Å²) in [6, 6.07) is 3.82. The largest absolute Gasteiger partial charge is 0.352 e. The number of rotatable bonds is 7. The molecule has 4 heteroatoms. The van der Waals surface area contributed by atoms with Crippen molar-refractivity contribution in [3.63, 3.8) is 0 Å². The van der Waals surface area contributed by atoms with Crippen LogP contribution in [0.15, 0.2) is 24.5 Å². The zero-order valence-corrected chi connectivity index (χ0v) is 10.9. The number of hydrogen-bond donors (Lipinski definition) is 1. The van der Waals surface area contributed by atoms with Crippen molar-refractivity contribution in [3.05, 3.63) is 30.1 Å². The summed E-state index contributed by atoms with van der Waals surface area (Å²) in [5.74, 6) is 0.131. The molecule has 0 spiro atoms. The van der Waals surface area contributed by atoms with Crippen LogP contribution in [0.25, 0.3) is 0 Å². The van der Waals surface area contributed by atoms with Crippen molar-refractivity contribution in [2.75, 3.05) is 5.33 Å². The van der Waals surface area contributed by atoms with Crippen LogP contribution in [0.1, 0.15) is 31.2 Å². The van der Waals surface area contributed by atoms with E-state index in [2.05, 4.69) is 26.2 Å². The van der Waals surface area contributed by atoms with Gasteiger partial charge >= 0.3 is 0 Å². The molecular formula is C12H17BrN2O. The van der Waals surface area contributed by atoms with E-state index in [0.29, 0.717) is 13.0 Å². The summed E-state index contributed by atoms with van der Waals surface area (Å²) in [4.78, 5) is 15.4. The third-order valence-corrected chi connectivity index (χ3v) is 2.84. The molecule has 0 fully saturated rings. The highest BCUT2D eigenvalue weighted by Gasteiger charge is 2.00. The first kappa shape index (κ1) is 13.2. The standard InChI is InChI=1S/C12H17BrN2O/c13-7-3-1-2-4-12(16)15-10-11-5-8-14-9-6-11/h5-6,8-9H,1-4,7,10H2,(H,15,16). The van der Waals surface area contributed by atoms with Crippen LogP contribution < -0.4 is 5.32 Å². The van der Waals surface area contributed by atoms with Crippen LogP contribution in [-0.2, 0) is 11.3 Å². The Morgan fingerprint density at radius 2 is 2.00 bits per heavy atom. The number of aromatic nitrogens is 1. The van der Waals surface area contributed by atoms with Gasteiger partial charge in [0.2, 0.25) is 5.91 Å². The molecule has 0 saturated heterocycles. The summed E-state index contributed by atoms with van der Waals surface area (Å²) in [7, 11) is 0. The van der Waals surface area contributed by atoms with Gasteiger partial charge in [-0.15, -0.1) is 0 Å². The van der Waals surface area contributed by atoms with E-state index in [1.54, 1.807) is 12.4 Å². The first-order valence-electron chi connectivity index (χ1n) is 5.54. The molecule has 1 amide bonds. The molecule has 3 nitrogen and oxygen atoms in total. The topological polar surface area (TPSA) is 42.0 Å². The average molecular weight is 285 g/mol. The maximum Gasteiger partial charge on any atom is 0.220 e. The predicted molar refractivity (Wildman–Crippen MR) is 68.3 cm³/mol. The minimum Gasteiger partial charge on any atom is -0.352 e. The van der Waals surface area contributed by atoms with E-state index in [0.717, 1.165) is 30.2 Å². The zero-order valence-electron chi connectivity index (χ0n) is 9.29. The number of alkyl halides is 1. The SMILES string of the molecule is O=C(CCCCCBr)NCc1ccncc1. The van der Waals surface area contributed by atoms with E-state index < -0.39 is 0 Å². The maximum atomic E-state index is 11.4. The van der Waals surface area contributed by atoms with Gasteiger partial charge in [-0.1, -0.05) is 22.4 Å². The minimum absolute atomic E-state index is 0.131. The summed E-state index contributed by atoms with van der Waals surface area (Å²) in [5, 5.41) is 3.92. The lowest BCUT2D eigenvalue weighted by atomic mass is 10.2. The van der Waals surface area contributed by atoms with Gasteiger partial charge in [-0.3, -0.25) is 9.78 Å². The van der Waals surface area contributed by atoms with Gasteiger partial charge in [-0.25, -0.2) is 0 Å². The first-order chi connectivity index (χ1) is 7.83. The van der Waals surface area contributed by atoms with Crippen LogP contribution in [-0.4, -0.2) is 16.2 Å². The molecule has 1 heterocycles. The summed E-state index contributed by atoms with van der Waals surface area (Å²) in [6.45, 7) is 0.597. The molecule has 0 aliphatic heterocycles. The first-order valence-corrected chi connectivity index (χ1v) is 6.66. The summed E-state index contributed by atoms with van der Waals surface area (Å²) < 4.78 is 0. The molecule has 1 aromatic rings. The van der Waals surface area contributed by atoms with Crippen molar-refractivity contribution in [2.24, 2.45) is 0 Å². The van der Waals surface area contributed by atoms with Gasteiger partial charge in [-0.2, -0.15) is 0 Å². The van der Waals surface area contributed by atoms with Crippen molar-refractivity contribution >= 4 is 21.8 Å². The highest BCUT2D eigenvalue weighted by Crippen LogP contribution is 2.02. The predicted octanol–water partition coefficient (Wildman–Crippen LogP) is 2.65. The zero-order chi connectivity index (χ0) is 11.6. The number of carbonyl (C=O) groups is 1. The number of amides is 1. The number of nitrogens with one attached hydrogen (secondary N) is 1. The van der Waals surface area contributed by atoms with E-state index in [4.69, 9.17) is 0 Å². The number of halogens is 1. The molecule has 88 valence electrons. The third-order valence-electron chi connectivity index (χ3n) is 2.28. The van der Waals surface area contributed by atoms with Gasteiger partial charge in [0, 0.05) is 30.7 Å². The minimum atomic E-state index is 0.131. The van der Waals surface area contributed by atoms with Crippen molar-refractivity contribution < 1.29 is 4.79 Å². The van der Waals surface area contributed by atoms with Crippen LogP contribution in [0.3, 0.4) is 0 Å². The highest BCUT2D eigenvalue weighted by atomic mass is 79.9. The molecule has 0 radical (unpaired) electrons. The van der Waals surface area contributed by atoms with Gasteiger partial charge in [0.15, 0.2) is 0 Å². The maximum absolute atomic E-state index is 11.4. The number of pyridine rings is 1.